The lowest BCUT2D eigenvalue weighted by molar-refractivity contribution is -0.119. The Morgan fingerprint density at radius 3 is 3.26 bits per heavy atom. The summed E-state index contributed by atoms with van der Waals surface area (Å²) < 4.78 is 0. The van der Waals surface area contributed by atoms with E-state index in [1.807, 2.05) is 4.90 Å². The molecule has 1 saturated heterocycles. The van der Waals surface area contributed by atoms with Crippen molar-refractivity contribution < 1.29 is 4.79 Å². The summed E-state index contributed by atoms with van der Waals surface area (Å²) in [5.74, 6) is 0.508. The number of halogens is 1. The van der Waals surface area contributed by atoms with Crippen molar-refractivity contribution in [3.05, 3.63) is 23.9 Å². The van der Waals surface area contributed by atoms with Crippen LogP contribution in [0.4, 0.5) is 5.82 Å². The lowest BCUT2D eigenvalue weighted by Crippen LogP contribution is -2.48. The first-order chi connectivity index (χ1) is 9.24. The number of aromatic nitrogens is 1. The standard InChI is InChI=1S/C13H15ClN4O/c14-7-12(19)17-11-4-2-6-18(9-11)13-10(8-15)3-1-5-16-13/h1,3,5,11H,2,4,6-7,9H2,(H,17,19). The Morgan fingerprint density at radius 1 is 1.68 bits per heavy atom. The lowest BCUT2D eigenvalue weighted by Gasteiger charge is -2.34. The molecule has 0 aromatic carbocycles. The van der Waals surface area contributed by atoms with Crippen LogP contribution in [-0.4, -0.2) is 35.9 Å². The van der Waals surface area contributed by atoms with Gasteiger partial charge in [-0.3, -0.25) is 4.79 Å². The zero-order valence-electron chi connectivity index (χ0n) is 10.5. The van der Waals surface area contributed by atoms with Crippen LogP contribution in [0, 0.1) is 11.3 Å². The largest absolute Gasteiger partial charge is 0.353 e. The number of nitrogens with zero attached hydrogens (tertiary/aromatic N) is 3. The second kappa shape index (κ2) is 6.39. The van der Waals surface area contributed by atoms with Gasteiger partial charge < -0.3 is 10.2 Å². The van der Waals surface area contributed by atoms with Crippen molar-refractivity contribution in [2.75, 3.05) is 23.9 Å². The molecule has 1 aliphatic rings. The van der Waals surface area contributed by atoms with Gasteiger partial charge in [0.15, 0.2) is 0 Å². The molecule has 5 nitrogen and oxygen atoms in total. The molecule has 1 aromatic heterocycles. The van der Waals surface area contributed by atoms with Gasteiger partial charge in [0.05, 0.1) is 5.56 Å². The van der Waals surface area contributed by atoms with Gasteiger partial charge in [-0.2, -0.15) is 5.26 Å². The molecule has 0 radical (unpaired) electrons. The van der Waals surface area contributed by atoms with E-state index in [0.717, 1.165) is 19.4 Å². The van der Waals surface area contributed by atoms with Gasteiger partial charge >= 0.3 is 0 Å². The van der Waals surface area contributed by atoms with Gasteiger partial charge in [0.2, 0.25) is 5.91 Å². The Kier molecular flexibility index (Phi) is 4.58. The van der Waals surface area contributed by atoms with Crippen LogP contribution in [0.5, 0.6) is 0 Å². The molecule has 19 heavy (non-hydrogen) atoms. The van der Waals surface area contributed by atoms with Crippen molar-refractivity contribution in [2.45, 2.75) is 18.9 Å². The molecule has 2 heterocycles. The zero-order chi connectivity index (χ0) is 13.7. The SMILES string of the molecule is N#Cc1cccnc1N1CCCC(NC(=O)CCl)C1. The van der Waals surface area contributed by atoms with E-state index in [4.69, 9.17) is 16.9 Å². The van der Waals surface area contributed by atoms with Crippen molar-refractivity contribution in [3.63, 3.8) is 0 Å². The fourth-order valence-corrected chi connectivity index (χ4v) is 2.37. The molecule has 0 bridgehead atoms. The molecule has 6 heteroatoms. The monoisotopic (exact) mass is 278 g/mol. The lowest BCUT2D eigenvalue weighted by atomic mass is 10.1. The molecule has 1 N–H and O–H groups in total. The van der Waals surface area contributed by atoms with Gasteiger partial charge in [-0.15, -0.1) is 11.6 Å². The Hall–Kier alpha value is -1.80. The highest BCUT2D eigenvalue weighted by atomic mass is 35.5. The topological polar surface area (TPSA) is 69.0 Å². The van der Waals surface area contributed by atoms with E-state index in [1.165, 1.54) is 0 Å². The maximum Gasteiger partial charge on any atom is 0.235 e. The molecule has 1 fully saturated rings. The van der Waals surface area contributed by atoms with Gasteiger partial charge in [-0.25, -0.2) is 4.98 Å². The smallest absolute Gasteiger partial charge is 0.235 e. The van der Waals surface area contributed by atoms with Gasteiger partial charge in [0.25, 0.3) is 0 Å². The third-order valence-corrected chi connectivity index (χ3v) is 3.36. The minimum absolute atomic E-state index is 0.0243. The number of carbonyl (C=O) groups is 1. The summed E-state index contributed by atoms with van der Waals surface area (Å²) in [6, 6.07) is 5.71. The first kappa shape index (κ1) is 13.6. The van der Waals surface area contributed by atoms with Crippen LogP contribution in [0.1, 0.15) is 18.4 Å². The van der Waals surface area contributed by atoms with Crippen LogP contribution in [0.15, 0.2) is 18.3 Å². The summed E-state index contributed by atoms with van der Waals surface area (Å²) >= 11 is 5.49. The van der Waals surface area contributed by atoms with E-state index in [9.17, 15) is 4.79 Å². The molecule has 1 atom stereocenters. The quantitative estimate of drug-likeness (QED) is 0.846. The Morgan fingerprint density at radius 2 is 2.53 bits per heavy atom. The minimum atomic E-state index is -0.157. The molecule has 1 amide bonds. The second-order valence-corrected chi connectivity index (χ2v) is 4.74. The van der Waals surface area contributed by atoms with Crippen molar-refractivity contribution >= 4 is 23.3 Å². The second-order valence-electron chi connectivity index (χ2n) is 4.47. The van der Waals surface area contributed by atoms with Crippen LogP contribution in [0.25, 0.3) is 0 Å². The van der Waals surface area contributed by atoms with E-state index in [-0.39, 0.29) is 17.8 Å². The summed E-state index contributed by atoms with van der Waals surface area (Å²) in [4.78, 5) is 17.6. The highest BCUT2D eigenvalue weighted by Gasteiger charge is 2.23. The minimum Gasteiger partial charge on any atom is -0.353 e. The zero-order valence-corrected chi connectivity index (χ0v) is 11.2. The van der Waals surface area contributed by atoms with E-state index in [1.54, 1.807) is 18.3 Å². The van der Waals surface area contributed by atoms with Crippen molar-refractivity contribution in [2.24, 2.45) is 0 Å². The Bertz CT molecular complexity index is 500. The number of alkyl halides is 1. The summed E-state index contributed by atoms with van der Waals surface area (Å²) in [5.41, 5.74) is 0.562. The molecule has 1 aromatic rings. The summed E-state index contributed by atoms with van der Waals surface area (Å²) in [6.45, 7) is 1.51. The van der Waals surface area contributed by atoms with Gasteiger partial charge in [0.1, 0.15) is 17.8 Å². The van der Waals surface area contributed by atoms with E-state index >= 15 is 0 Å². The molecular weight excluding hydrogens is 264 g/mol. The van der Waals surface area contributed by atoms with Crippen molar-refractivity contribution in [1.29, 1.82) is 5.26 Å². The Balaban J connectivity index is 2.09. The molecular formula is C13H15ClN4O. The summed E-state index contributed by atoms with van der Waals surface area (Å²) in [5, 5.41) is 12.0. The van der Waals surface area contributed by atoms with E-state index in [0.29, 0.717) is 17.9 Å². The number of amides is 1. The predicted octanol–water partition coefficient (Wildman–Crippen LogP) is 1.28. The highest BCUT2D eigenvalue weighted by molar-refractivity contribution is 6.27. The average molecular weight is 279 g/mol. The third kappa shape index (κ3) is 3.36. The maximum atomic E-state index is 11.3. The molecule has 0 aliphatic carbocycles. The number of hydrogen-bond acceptors (Lipinski definition) is 4. The number of piperidine rings is 1. The molecule has 0 saturated carbocycles. The highest BCUT2D eigenvalue weighted by Crippen LogP contribution is 2.21. The van der Waals surface area contributed by atoms with Crippen LogP contribution in [0.3, 0.4) is 0 Å². The van der Waals surface area contributed by atoms with Crippen LogP contribution in [0.2, 0.25) is 0 Å². The van der Waals surface area contributed by atoms with Gasteiger partial charge in [-0.1, -0.05) is 0 Å². The number of anilines is 1. The first-order valence-corrected chi connectivity index (χ1v) is 6.73. The number of hydrogen-bond donors (Lipinski definition) is 1. The summed E-state index contributed by atoms with van der Waals surface area (Å²) in [7, 11) is 0. The van der Waals surface area contributed by atoms with E-state index < -0.39 is 0 Å². The third-order valence-electron chi connectivity index (χ3n) is 3.11. The van der Waals surface area contributed by atoms with Gasteiger partial charge in [0, 0.05) is 25.3 Å². The number of carbonyl (C=O) groups excluding carboxylic acids is 1. The average Bonchev–Trinajstić information content (AvgIpc) is 2.47. The predicted molar refractivity (Wildman–Crippen MR) is 73.0 cm³/mol. The number of nitrogens with one attached hydrogen (secondary N) is 1. The molecule has 100 valence electrons. The van der Waals surface area contributed by atoms with Gasteiger partial charge in [-0.05, 0) is 25.0 Å². The van der Waals surface area contributed by atoms with E-state index in [2.05, 4.69) is 16.4 Å². The first-order valence-electron chi connectivity index (χ1n) is 6.20. The number of rotatable bonds is 3. The number of pyridine rings is 1. The maximum absolute atomic E-state index is 11.3. The summed E-state index contributed by atoms with van der Waals surface area (Å²) in [6.07, 6.45) is 3.56. The normalized spacial score (nSPS) is 18.7. The van der Waals surface area contributed by atoms with Crippen LogP contribution in [-0.2, 0) is 4.79 Å². The molecule has 1 unspecified atom stereocenters. The van der Waals surface area contributed by atoms with Crippen molar-refractivity contribution in [1.82, 2.24) is 10.3 Å². The van der Waals surface area contributed by atoms with Crippen LogP contribution < -0.4 is 10.2 Å². The van der Waals surface area contributed by atoms with Crippen molar-refractivity contribution in [3.8, 4) is 6.07 Å². The molecule has 2 rings (SSSR count). The fourth-order valence-electron chi connectivity index (χ4n) is 2.29. The molecule has 1 aliphatic heterocycles. The van der Waals surface area contributed by atoms with Crippen LogP contribution >= 0.6 is 11.6 Å². The molecule has 0 spiro atoms. The number of nitriles is 1. The Labute approximate surface area is 117 Å². The fraction of sp³-hybridized carbons (Fsp3) is 0.462.